The van der Waals surface area contributed by atoms with E-state index in [0.29, 0.717) is 31.3 Å². The molecule has 0 bridgehead atoms. The monoisotopic (exact) mass is 467 g/mol. The smallest absolute Gasteiger partial charge is 0.222 e. The molecule has 1 atom stereocenters. The van der Waals surface area contributed by atoms with Gasteiger partial charge in [-0.05, 0) is 39.8 Å². The minimum Gasteiger partial charge on any atom is -0.497 e. The van der Waals surface area contributed by atoms with E-state index in [1.54, 1.807) is 11.8 Å². The SMILES string of the molecule is COc1cccc(Oc2c(CN(C[C@H](O)COC(C)C)C(C)C)c(-c3ccccc3)nn2C)c1. The normalized spacial score (nSPS) is 12.5. The van der Waals surface area contributed by atoms with Crippen LogP contribution < -0.4 is 9.47 Å². The maximum absolute atomic E-state index is 10.6. The third-order valence-corrected chi connectivity index (χ3v) is 5.55. The molecule has 3 aromatic rings. The maximum atomic E-state index is 10.6. The summed E-state index contributed by atoms with van der Waals surface area (Å²) in [6.07, 6.45) is -0.516. The topological polar surface area (TPSA) is 69.0 Å². The Labute approximate surface area is 202 Å². The fourth-order valence-corrected chi connectivity index (χ4v) is 3.71. The Morgan fingerprint density at radius 1 is 1.00 bits per heavy atom. The molecule has 0 radical (unpaired) electrons. The zero-order chi connectivity index (χ0) is 24.7. The zero-order valence-electron chi connectivity index (χ0n) is 21.1. The molecule has 0 aliphatic heterocycles. The lowest BCUT2D eigenvalue weighted by Crippen LogP contribution is -2.39. The van der Waals surface area contributed by atoms with E-state index < -0.39 is 6.10 Å². The first-order valence-electron chi connectivity index (χ1n) is 11.7. The molecule has 0 saturated heterocycles. The highest BCUT2D eigenvalue weighted by atomic mass is 16.5. The Morgan fingerprint density at radius 3 is 2.35 bits per heavy atom. The van der Waals surface area contributed by atoms with Crippen molar-refractivity contribution in [2.75, 3.05) is 20.3 Å². The van der Waals surface area contributed by atoms with Crippen molar-refractivity contribution in [1.29, 1.82) is 0 Å². The molecular weight excluding hydrogens is 430 g/mol. The summed E-state index contributed by atoms with van der Waals surface area (Å²) in [6, 6.07) is 17.8. The largest absolute Gasteiger partial charge is 0.497 e. The van der Waals surface area contributed by atoms with Gasteiger partial charge in [0.15, 0.2) is 0 Å². The first-order valence-corrected chi connectivity index (χ1v) is 11.7. The predicted octanol–water partition coefficient (Wildman–Crippen LogP) is 4.88. The number of aryl methyl sites for hydroxylation is 1. The predicted molar refractivity (Wildman–Crippen MR) is 134 cm³/mol. The molecule has 7 heteroatoms. The summed E-state index contributed by atoms with van der Waals surface area (Å²) in [4.78, 5) is 2.22. The quantitative estimate of drug-likeness (QED) is 0.409. The van der Waals surface area contributed by atoms with Crippen LogP contribution in [0.15, 0.2) is 54.6 Å². The van der Waals surface area contributed by atoms with Crippen LogP contribution in [0.3, 0.4) is 0 Å². The number of nitrogens with zero attached hydrogens (tertiary/aromatic N) is 3. The van der Waals surface area contributed by atoms with Crippen molar-refractivity contribution in [1.82, 2.24) is 14.7 Å². The Bertz CT molecular complexity index is 1030. The van der Waals surface area contributed by atoms with Gasteiger partial charge in [0, 0.05) is 37.8 Å². The molecule has 2 aromatic carbocycles. The van der Waals surface area contributed by atoms with Crippen LogP contribution in [-0.2, 0) is 18.3 Å². The van der Waals surface area contributed by atoms with Crippen molar-refractivity contribution in [3.63, 3.8) is 0 Å². The second kappa shape index (κ2) is 12.0. The van der Waals surface area contributed by atoms with Crippen molar-refractivity contribution < 1.29 is 19.3 Å². The Morgan fingerprint density at radius 2 is 1.71 bits per heavy atom. The van der Waals surface area contributed by atoms with Gasteiger partial charge in [-0.2, -0.15) is 5.10 Å². The van der Waals surface area contributed by atoms with Crippen LogP contribution in [0, 0.1) is 0 Å². The van der Waals surface area contributed by atoms with Crippen LogP contribution >= 0.6 is 0 Å². The van der Waals surface area contributed by atoms with Crippen molar-refractivity contribution in [2.45, 2.75) is 52.5 Å². The molecule has 34 heavy (non-hydrogen) atoms. The number of rotatable bonds is 12. The van der Waals surface area contributed by atoms with Crippen molar-refractivity contribution in [3.8, 4) is 28.6 Å². The van der Waals surface area contributed by atoms with Gasteiger partial charge >= 0.3 is 0 Å². The van der Waals surface area contributed by atoms with Gasteiger partial charge in [0.05, 0.1) is 31.5 Å². The van der Waals surface area contributed by atoms with Crippen molar-refractivity contribution in [3.05, 3.63) is 60.2 Å². The second-order valence-corrected chi connectivity index (χ2v) is 8.96. The van der Waals surface area contributed by atoms with E-state index in [4.69, 9.17) is 19.3 Å². The van der Waals surface area contributed by atoms with Crippen LogP contribution in [-0.4, -0.2) is 58.3 Å². The summed E-state index contributed by atoms with van der Waals surface area (Å²) < 4.78 is 19.1. The fraction of sp³-hybridized carbons (Fsp3) is 0.444. The fourth-order valence-electron chi connectivity index (χ4n) is 3.71. The Kier molecular flexibility index (Phi) is 9.10. The van der Waals surface area contributed by atoms with Gasteiger partial charge in [0.1, 0.15) is 17.2 Å². The van der Waals surface area contributed by atoms with Crippen molar-refractivity contribution in [2.24, 2.45) is 7.05 Å². The molecule has 0 spiro atoms. The Balaban J connectivity index is 1.96. The van der Waals surface area contributed by atoms with Gasteiger partial charge < -0.3 is 19.3 Å². The molecular formula is C27H37N3O4. The van der Waals surface area contributed by atoms with E-state index in [0.717, 1.165) is 22.6 Å². The average molecular weight is 468 g/mol. The van der Waals surface area contributed by atoms with Crippen LogP contribution in [0.4, 0.5) is 0 Å². The summed E-state index contributed by atoms with van der Waals surface area (Å²) >= 11 is 0. The van der Waals surface area contributed by atoms with Crippen LogP contribution in [0.2, 0.25) is 0 Å². The van der Waals surface area contributed by atoms with E-state index in [9.17, 15) is 5.11 Å². The molecule has 0 saturated carbocycles. The molecule has 7 nitrogen and oxygen atoms in total. The molecule has 3 rings (SSSR count). The number of aromatic nitrogens is 2. The first-order chi connectivity index (χ1) is 16.3. The zero-order valence-corrected chi connectivity index (χ0v) is 21.1. The number of ether oxygens (including phenoxy) is 3. The van der Waals surface area contributed by atoms with Gasteiger partial charge in [0.25, 0.3) is 0 Å². The van der Waals surface area contributed by atoms with E-state index in [1.807, 2.05) is 75.5 Å². The summed E-state index contributed by atoms with van der Waals surface area (Å²) in [7, 11) is 3.52. The summed E-state index contributed by atoms with van der Waals surface area (Å²) in [5.41, 5.74) is 2.84. The molecule has 1 heterocycles. The molecule has 1 N–H and O–H groups in total. The minimum atomic E-state index is -0.593. The minimum absolute atomic E-state index is 0.0769. The third-order valence-electron chi connectivity index (χ3n) is 5.55. The number of hydrogen-bond donors (Lipinski definition) is 1. The van der Waals surface area contributed by atoms with Gasteiger partial charge in [0.2, 0.25) is 5.88 Å². The molecule has 1 aromatic heterocycles. The standard InChI is InChI=1S/C27H37N3O4/c1-19(2)30(16-22(31)18-33-20(3)4)17-25-26(21-11-8-7-9-12-21)28-29(5)27(25)34-24-14-10-13-23(15-24)32-6/h7-15,19-20,22,31H,16-18H2,1-6H3/t22-/m0/s1. The molecule has 0 fully saturated rings. The number of methoxy groups -OCH3 is 1. The highest BCUT2D eigenvalue weighted by Gasteiger charge is 2.25. The van der Waals surface area contributed by atoms with Gasteiger partial charge in [-0.25, -0.2) is 4.68 Å². The van der Waals surface area contributed by atoms with E-state index in [-0.39, 0.29) is 12.1 Å². The molecule has 184 valence electrons. The van der Waals surface area contributed by atoms with Crippen LogP contribution in [0.1, 0.15) is 33.3 Å². The van der Waals surface area contributed by atoms with E-state index in [2.05, 4.69) is 18.7 Å². The number of aliphatic hydroxyl groups is 1. The lowest BCUT2D eigenvalue weighted by molar-refractivity contribution is -0.0137. The third kappa shape index (κ3) is 6.82. The number of aliphatic hydroxyl groups excluding tert-OH is 1. The van der Waals surface area contributed by atoms with Gasteiger partial charge in [-0.1, -0.05) is 36.4 Å². The number of benzene rings is 2. The van der Waals surface area contributed by atoms with Gasteiger partial charge in [-0.3, -0.25) is 4.90 Å². The summed E-state index contributed by atoms with van der Waals surface area (Å²) in [5.74, 6) is 2.05. The molecule has 0 aliphatic carbocycles. The number of hydrogen-bond acceptors (Lipinski definition) is 6. The van der Waals surface area contributed by atoms with Crippen LogP contribution in [0.5, 0.6) is 17.4 Å². The molecule has 0 amide bonds. The molecule has 0 aliphatic rings. The first kappa shape index (κ1) is 25.7. The summed E-state index contributed by atoms with van der Waals surface area (Å²) in [6.45, 7) is 9.52. The highest BCUT2D eigenvalue weighted by molar-refractivity contribution is 5.65. The Hall–Kier alpha value is -2.87. The lowest BCUT2D eigenvalue weighted by atomic mass is 10.1. The van der Waals surface area contributed by atoms with Crippen molar-refractivity contribution >= 4 is 0 Å². The molecule has 0 unspecified atom stereocenters. The lowest BCUT2D eigenvalue weighted by Gasteiger charge is -2.29. The average Bonchev–Trinajstić information content (AvgIpc) is 3.12. The summed E-state index contributed by atoms with van der Waals surface area (Å²) in [5, 5.41) is 15.4. The maximum Gasteiger partial charge on any atom is 0.222 e. The van der Waals surface area contributed by atoms with E-state index in [1.165, 1.54) is 0 Å². The van der Waals surface area contributed by atoms with E-state index >= 15 is 0 Å². The highest BCUT2D eigenvalue weighted by Crippen LogP contribution is 2.35. The second-order valence-electron chi connectivity index (χ2n) is 8.96. The van der Waals surface area contributed by atoms with Crippen LogP contribution in [0.25, 0.3) is 11.3 Å². The van der Waals surface area contributed by atoms with Gasteiger partial charge in [-0.15, -0.1) is 0 Å².